The predicted molar refractivity (Wildman–Crippen MR) is 100.0 cm³/mol. The van der Waals surface area contributed by atoms with Crippen molar-refractivity contribution >= 4 is 11.9 Å². The number of nitrogens with zero attached hydrogens (tertiary/aromatic N) is 3. The highest BCUT2D eigenvalue weighted by Gasteiger charge is 2.24. The van der Waals surface area contributed by atoms with Crippen LogP contribution in [0.3, 0.4) is 0 Å². The van der Waals surface area contributed by atoms with Crippen LogP contribution in [0, 0.1) is 0 Å². The summed E-state index contributed by atoms with van der Waals surface area (Å²) < 4.78 is 7.21. The first-order chi connectivity index (χ1) is 13.1. The van der Waals surface area contributed by atoms with Crippen LogP contribution in [0.5, 0.6) is 5.75 Å². The van der Waals surface area contributed by atoms with Crippen molar-refractivity contribution in [1.82, 2.24) is 14.7 Å². The monoisotopic (exact) mass is 371 g/mol. The lowest BCUT2D eigenvalue weighted by Gasteiger charge is -2.32. The molecular weight excluding hydrogens is 346 g/mol. The minimum absolute atomic E-state index is 0.144. The van der Waals surface area contributed by atoms with E-state index in [0.717, 1.165) is 24.2 Å². The van der Waals surface area contributed by atoms with Crippen molar-refractivity contribution in [3.05, 3.63) is 47.8 Å². The molecule has 0 aliphatic carbocycles. The third kappa shape index (κ3) is 4.87. The smallest absolute Gasteiger partial charge is 0.338 e. The number of piperidine rings is 1. The summed E-state index contributed by atoms with van der Waals surface area (Å²) in [5.41, 5.74) is 1.30. The van der Waals surface area contributed by atoms with Crippen LogP contribution in [0.4, 0.5) is 0 Å². The number of hydrogen-bond donors (Lipinski definition) is 1. The number of ether oxygens (including phenoxy) is 1. The minimum atomic E-state index is -0.970. The van der Waals surface area contributed by atoms with E-state index in [4.69, 9.17) is 9.84 Å². The standard InChI is InChI=1S/C20H25N3O4/c1-2-27-18-5-3-4-15(12-18)6-7-19(24)22-10-8-17(9-11-22)23-14-16(13-21-23)20(25)26/h3-5,12-14,17H,2,6-11H2,1H3,(H,25,26). The molecule has 144 valence electrons. The van der Waals surface area contributed by atoms with Crippen LogP contribution in [0.1, 0.15) is 48.1 Å². The van der Waals surface area contributed by atoms with E-state index in [-0.39, 0.29) is 17.5 Å². The number of carbonyl (C=O) groups excluding carboxylic acids is 1. The molecule has 0 unspecified atom stereocenters. The molecule has 1 aromatic heterocycles. The van der Waals surface area contributed by atoms with Gasteiger partial charge in [-0.25, -0.2) is 4.79 Å². The van der Waals surface area contributed by atoms with Gasteiger partial charge in [0.2, 0.25) is 5.91 Å². The first-order valence-corrected chi connectivity index (χ1v) is 9.33. The molecule has 1 aliphatic heterocycles. The van der Waals surface area contributed by atoms with Gasteiger partial charge >= 0.3 is 5.97 Å². The molecular formula is C20H25N3O4. The number of aromatic nitrogens is 2. The molecule has 0 bridgehead atoms. The summed E-state index contributed by atoms with van der Waals surface area (Å²) in [6, 6.07) is 8.02. The maximum Gasteiger partial charge on any atom is 0.338 e. The van der Waals surface area contributed by atoms with Crippen LogP contribution in [0.25, 0.3) is 0 Å². The summed E-state index contributed by atoms with van der Waals surface area (Å²) >= 11 is 0. The third-order valence-corrected chi connectivity index (χ3v) is 4.88. The van der Waals surface area contributed by atoms with Gasteiger partial charge in [0.1, 0.15) is 5.75 Å². The van der Waals surface area contributed by atoms with Crippen molar-refractivity contribution in [3.63, 3.8) is 0 Å². The second-order valence-corrected chi connectivity index (χ2v) is 6.71. The van der Waals surface area contributed by atoms with E-state index in [1.54, 1.807) is 10.9 Å². The quantitative estimate of drug-likeness (QED) is 0.809. The second-order valence-electron chi connectivity index (χ2n) is 6.71. The van der Waals surface area contributed by atoms with Crippen LogP contribution in [-0.4, -0.2) is 51.4 Å². The lowest BCUT2D eigenvalue weighted by molar-refractivity contribution is -0.132. The third-order valence-electron chi connectivity index (χ3n) is 4.88. The van der Waals surface area contributed by atoms with Crippen molar-refractivity contribution in [2.75, 3.05) is 19.7 Å². The fourth-order valence-electron chi connectivity index (χ4n) is 3.39. The van der Waals surface area contributed by atoms with Crippen LogP contribution in [0.2, 0.25) is 0 Å². The molecule has 0 radical (unpaired) electrons. The average molecular weight is 371 g/mol. The molecule has 1 N–H and O–H groups in total. The maximum absolute atomic E-state index is 12.5. The van der Waals surface area contributed by atoms with Gasteiger partial charge in [0.15, 0.2) is 0 Å². The van der Waals surface area contributed by atoms with Gasteiger partial charge in [0, 0.05) is 25.7 Å². The van der Waals surface area contributed by atoms with Gasteiger partial charge in [-0.1, -0.05) is 12.1 Å². The zero-order valence-corrected chi connectivity index (χ0v) is 15.5. The van der Waals surface area contributed by atoms with E-state index < -0.39 is 5.97 Å². The Labute approximate surface area is 158 Å². The summed E-state index contributed by atoms with van der Waals surface area (Å²) in [5, 5.41) is 13.1. The van der Waals surface area contributed by atoms with Crippen molar-refractivity contribution in [3.8, 4) is 5.75 Å². The first kappa shape index (κ1) is 18.9. The molecule has 7 nitrogen and oxygen atoms in total. The van der Waals surface area contributed by atoms with Gasteiger partial charge in [-0.15, -0.1) is 0 Å². The molecule has 1 aliphatic rings. The van der Waals surface area contributed by atoms with E-state index in [1.165, 1.54) is 6.20 Å². The molecule has 27 heavy (non-hydrogen) atoms. The highest BCUT2D eigenvalue weighted by atomic mass is 16.5. The Morgan fingerprint density at radius 3 is 2.74 bits per heavy atom. The Balaban J connectivity index is 1.48. The molecule has 2 heterocycles. The largest absolute Gasteiger partial charge is 0.494 e. The number of carboxylic acids is 1. The highest BCUT2D eigenvalue weighted by Crippen LogP contribution is 2.23. The zero-order chi connectivity index (χ0) is 19.2. The summed E-state index contributed by atoms with van der Waals surface area (Å²) in [4.78, 5) is 25.4. The van der Waals surface area contributed by atoms with Crippen molar-refractivity contribution in [1.29, 1.82) is 0 Å². The lowest BCUT2D eigenvalue weighted by atomic mass is 10.0. The molecule has 1 saturated heterocycles. The number of carboxylic acid groups (broad SMARTS) is 1. The van der Waals surface area contributed by atoms with Gasteiger partial charge in [-0.3, -0.25) is 9.48 Å². The Hall–Kier alpha value is -2.83. The van der Waals surface area contributed by atoms with Crippen molar-refractivity contribution in [2.24, 2.45) is 0 Å². The van der Waals surface area contributed by atoms with Crippen molar-refractivity contribution < 1.29 is 19.4 Å². The predicted octanol–water partition coefficient (Wildman–Crippen LogP) is 2.78. The Morgan fingerprint density at radius 1 is 1.30 bits per heavy atom. The topological polar surface area (TPSA) is 84.7 Å². The molecule has 7 heteroatoms. The molecule has 1 amide bonds. The normalized spacial score (nSPS) is 14.9. The number of amides is 1. The molecule has 0 spiro atoms. The molecule has 1 aromatic carbocycles. The number of hydrogen-bond acceptors (Lipinski definition) is 4. The minimum Gasteiger partial charge on any atom is -0.494 e. The maximum atomic E-state index is 12.5. The highest BCUT2D eigenvalue weighted by molar-refractivity contribution is 5.86. The molecule has 0 saturated carbocycles. The average Bonchev–Trinajstić information content (AvgIpc) is 3.17. The number of benzene rings is 1. The fourth-order valence-corrected chi connectivity index (χ4v) is 3.39. The van der Waals surface area contributed by atoms with Crippen LogP contribution in [-0.2, 0) is 11.2 Å². The van der Waals surface area contributed by atoms with Gasteiger partial charge in [0.05, 0.1) is 24.4 Å². The van der Waals surface area contributed by atoms with Gasteiger partial charge in [0.25, 0.3) is 0 Å². The fraction of sp³-hybridized carbons (Fsp3) is 0.450. The Kier molecular flexibility index (Phi) is 6.11. The van der Waals surface area contributed by atoms with Crippen LogP contribution >= 0.6 is 0 Å². The lowest BCUT2D eigenvalue weighted by Crippen LogP contribution is -2.39. The molecule has 1 fully saturated rings. The summed E-state index contributed by atoms with van der Waals surface area (Å²) in [5.74, 6) is 0.0208. The number of aryl methyl sites for hydroxylation is 1. The van der Waals surface area contributed by atoms with Crippen molar-refractivity contribution in [2.45, 2.75) is 38.6 Å². The number of likely N-dealkylation sites (tertiary alicyclic amines) is 1. The van der Waals surface area contributed by atoms with Crippen LogP contribution < -0.4 is 4.74 Å². The van der Waals surface area contributed by atoms with Gasteiger partial charge < -0.3 is 14.7 Å². The first-order valence-electron chi connectivity index (χ1n) is 9.33. The van der Waals surface area contributed by atoms with Crippen LogP contribution in [0.15, 0.2) is 36.7 Å². The van der Waals surface area contributed by atoms with E-state index in [0.29, 0.717) is 32.5 Å². The number of carbonyl (C=O) groups is 2. The van der Waals surface area contributed by atoms with E-state index in [9.17, 15) is 9.59 Å². The molecule has 0 atom stereocenters. The van der Waals surface area contributed by atoms with Gasteiger partial charge in [-0.05, 0) is 43.9 Å². The second kappa shape index (κ2) is 8.70. The molecule has 3 rings (SSSR count). The SMILES string of the molecule is CCOc1cccc(CCC(=O)N2CCC(n3cc(C(=O)O)cn3)CC2)c1. The summed E-state index contributed by atoms with van der Waals surface area (Å²) in [7, 11) is 0. The zero-order valence-electron chi connectivity index (χ0n) is 15.5. The summed E-state index contributed by atoms with van der Waals surface area (Å²) in [6.07, 6.45) is 5.68. The van der Waals surface area contributed by atoms with E-state index >= 15 is 0 Å². The Morgan fingerprint density at radius 2 is 2.07 bits per heavy atom. The Bertz CT molecular complexity index is 794. The van der Waals surface area contributed by atoms with E-state index in [2.05, 4.69) is 5.10 Å². The summed E-state index contributed by atoms with van der Waals surface area (Å²) in [6.45, 7) is 3.92. The molecule has 2 aromatic rings. The van der Waals surface area contributed by atoms with E-state index in [1.807, 2.05) is 36.1 Å². The van der Waals surface area contributed by atoms with Gasteiger partial charge in [-0.2, -0.15) is 5.10 Å². The number of aromatic carboxylic acids is 1. The number of rotatable bonds is 7.